The molecule has 0 spiro atoms. The molecule has 2 saturated carbocycles. The van der Waals surface area contributed by atoms with Crippen LogP contribution in [0, 0.1) is 23.2 Å². The van der Waals surface area contributed by atoms with E-state index in [4.69, 9.17) is 0 Å². The monoisotopic (exact) mass is 237 g/mol. The van der Waals surface area contributed by atoms with Gasteiger partial charge in [-0.15, -0.1) is 0 Å². The molecule has 0 amide bonds. The van der Waals surface area contributed by atoms with Crippen LogP contribution in [-0.4, -0.2) is 12.6 Å². The van der Waals surface area contributed by atoms with Crippen molar-refractivity contribution >= 4 is 0 Å². The average Bonchev–Trinajstić information content (AvgIpc) is 3.07. The highest BCUT2D eigenvalue weighted by molar-refractivity contribution is 4.98. The lowest BCUT2D eigenvalue weighted by atomic mass is 9.77. The fourth-order valence-electron chi connectivity index (χ4n) is 3.66. The first-order valence-electron chi connectivity index (χ1n) is 7.78. The van der Waals surface area contributed by atoms with Crippen molar-refractivity contribution in [3.63, 3.8) is 0 Å². The molecule has 1 nitrogen and oxygen atoms in total. The van der Waals surface area contributed by atoms with Crippen LogP contribution in [0.5, 0.6) is 0 Å². The summed E-state index contributed by atoms with van der Waals surface area (Å²) in [6.45, 7) is 10.9. The van der Waals surface area contributed by atoms with Crippen LogP contribution < -0.4 is 5.32 Å². The predicted octanol–water partition coefficient (Wildman–Crippen LogP) is 4.23. The fourth-order valence-corrected chi connectivity index (χ4v) is 3.66. The molecule has 2 aliphatic rings. The van der Waals surface area contributed by atoms with Crippen molar-refractivity contribution in [2.75, 3.05) is 6.54 Å². The molecule has 0 radical (unpaired) electrons. The molecule has 17 heavy (non-hydrogen) atoms. The fraction of sp³-hybridized carbons (Fsp3) is 1.00. The lowest BCUT2D eigenvalue weighted by Crippen LogP contribution is -2.44. The third-order valence-electron chi connectivity index (χ3n) is 5.51. The normalized spacial score (nSPS) is 32.1. The van der Waals surface area contributed by atoms with Gasteiger partial charge in [-0.3, -0.25) is 0 Å². The van der Waals surface area contributed by atoms with Crippen molar-refractivity contribution in [1.82, 2.24) is 5.32 Å². The van der Waals surface area contributed by atoms with E-state index >= 15 is 0 Å². The predicted molar refractivity (Wildman–Crippen MR) is 75.1 cm³/mol. The number of rotatable bonds is 5. The highest BCUT2D eigenvalue weighted by Crippen LogP contribution is 2.51. The maximum Gasteiger partial charge on any atom is 0.00980 e. The smallest absolute Gasteiger partial charge is 0.00980 e. The Bertz CT molecular complexity index is 240. The van der Waals surface area contributed by atoms with Crippen molar-refractivity contribution in [2.24, 2.45) is 23.2 Å². The highest BCUT2D eigenvalue weighted by atomic mass is 14.9. The molecule has 1 heteroatoms. The van der Waals surface area contributed by atoms with E-state index in [9.17, 15) is 0 Å². The molecule has 0 aromatic heterocycles. The van der Waals surface area contributed by atoms with Gasteiger partial charge in [-0.25, -0.2) is 0 Å². The van der Waals surface area contributed by atoms with Gasteiger partial charge in [-0.1, -0.05) is 40.5 Å². The third kappa shape index (κ3) is 3.05. The Balaban J connectivity index is 1.84. The summed E-state index contributed by atoms with van der Waals surface area (Å²) in [7, 11) is 0. The van der Waals surface area contributed by atoms with Gasteiger partial charge in [-0.2, -0.15) is 0 Å². The highest BCUT2D eigenvalue weighted by Gasteiger charge is 2.45. The largest absolute Gasteiger partial charge is 0.313 e. The van der Waals surface area contributed by atoms with Crippen LogP contribution >= 0.6 is 0 Å². The molecule has 0 saturated heterocycles. The van der Waals surface area contributed by atoms with Crippen LogP contribution in [0.3, 0.4) is 0 Å². The van der Waals surface area contributed by atoms with Gasteiger partial charge in [0.05, 0.1) is 0 Å². The number of hydrogen-bond acceptors (Lipinski definition) is 1. The molecule has 2 aliphatic carbocycles. The zero-order chi connectivity index (χ0) is 12.5. The van der Waals surface area contributed by atoms with Gasteiger partial charge in [0.1, 0.15) is 0 Å². The minimum Gasteiger partial charge on any atom is -0.313 e. The number of nitrogens with one attached hydrogen (secondary N) is 1. The van der Waals surface area contributed by atoms with Gasteiger partial charge in [-0.05, 0) is 48.9 Å². The molecule has 2 atom stereocenters. The molecule has 2 unspecified atom stereocenters. The molecular weight excluding hydrogens is 206 g/mol. The van der Waals surface area contributed by atoms with Gasteiger partial charge < -0.3 is 5.32 Å². The molecule has 0 aromatic rings. The summed E-state index contributed by atoms with van der Waals surface area (Å²) in [5, 5.41) is 3.94. The Hall–Kier alpha value is -0.0400. The standard InChI is InChI=1S/C16H31N/c1-12(2)14-7-5-6-8-15(14)17-11-16(9-10-16)13(3)4/h12-15,17H,5-11H2,1-4H3. The zero-order valence-electron chi connectivity index (χ0n) is 12.3. The van der Waals surface area contributed by atoms with Gasteiger partial charge >= 0.3 is 0 Å². The van der Waals surface area contributed by atoms with Gasteiger partial charge in [0.2, 0.25) is 0 Å². The van der Waals surface area contributed by atoms with Gasteiger partial charge in [0.15, 0.2) is 0 Å². The molecule has 0 aromatic carbocycles. The lowest BCUT2D eigenvalue weighted by molar-refractivity contribution is 0.189. The second-order valence-electron chi connectivity index (χ2n) is 7.20. The lowest BCUT2D eigenvalue weighted by Gasteiger charge is -2.36. The molecular formula is C16H31N. The summed E-state index contributed by atoms with van der Waals surface area (Å²) in [6, 6.07) is 0.806. The first-order valence-corrected chi connectivity index (χ1v) is 7.78. The van der Waals surface area contributed by atoms with Crippen LogP contribution in [0.15, 0.2) is 0 Å². The molecule has 2 fully saturated rings. The molecule has 0 aliphatic heterocycles. The van der Waals surface area contributed by atoms with Crippen LogP contribution in [0.4, 0.5) is 0 Å². The van der Waals surface area contributed by atoms with E-state index in [1.54, 1.807) is 0 Å². The number of hydrogen-bond donors (Lipinski definition) is 1. The molecule has 100 valence electrons. The van der Waals surface area contributed by atoms with E-state index < -0.39 is 0 Å². The van der Waals surface area contributed by atoms with Crippen molar-refractivity contribution in [3.05, 3.63) is 0 Å². The van der Waals surface area contributed by atoms with Crippen molar-refractivity contribution in [1.29, 1.82) is 0 Å². The molecule has 0 heterocycles. The zero-order valence-corrected chi connectivity index (χ0v) is 12.3. The molecule has 0 bridgehead atoms. The minimum absolute atomic E-state index is 0.666. The topological polar surface area (TPSA) is 12.0 Å². The second-order valence-corrected chi connectivity index (χ2v) is 7.20. The first kappa shape index (κ1) is 13.4. The van der Waals surface area contributed by atoms with Crippen LogP contribution in [-0.2, 0) is 0 Å². The Kier molecular flexibility index (Phi) is 4.18. The van der Waals surface area contributed by atoms with Gasteiger partial charge in [0, 0.05) is 12.6 Å². The summed E-state index contributed by atoms with van der Waals surface area (Å²) in [5.74, 6) is 2.63. The van der Waals surface area contributed by atoms with E-state index in [0.717, 1.165) is 23.8 Å². The minimum atomic E-state index is 0.666. The summed E-state index contributed by atoms with van der Waals surface area (Å²) in [4.78, 5) is 0. The quantitative estimate of drug-likeness (QED) is 0.754. The molecule has 2 rings (SSSR count). The van der Waals surface area contributed by atoms with Crippen LogP contribution in [0.2, 0.25) is 0 Å². The maximum atomic E-state index is 3.94. The Labute approximate surface area is 108 Å². The van der Waals surface area contributed by atoms with E-state index in [0.29, 0.717) is 5.41 Å². The maximum absolute atomic E-state index is 3.94. The van der Waals surface area contributed by atoms with Crippen molar-refractivity contribution in [2.45, 2.75) is 72.3 Å². The Morgan fingerprint density at radius 2 is 1.71 bits per heavy atom. The summed E-state index contributed by atoms with van der Waals surface area (Å²) >= 11 is 0. The summed E-state index contributed by atoms with van der Waals surface area (Å²) < 4.78 is 0. The van der Waals surface area contributed by atoms with Crippen LogP contribution in [0.25, 0.3) is 0 Å². The summed E-state index contributed by atoms with van der Waals surface area (Å²) in [5.41, 5.74) is 0.666. The van der Waals surface area contributed by atoms with Crippen LogP contribution in [0.1, 0.15) is 66.2 Å². The van der Waals surface area contributed by atoms with Crippen molar-refractivity contribution in [3.8, 4) is 0 Å². The Morgan fingerprint density at radius 3 is 2.24 bits per heavy atom. The molecule has 1 N–H and O–H groups in total. The third-order valence-corrected chi connectivity index (χ3v) is 5.51. The second kappa shape index (κ2) is 5.30. The van der Waals surface area contributed by atoms with E-state index in [1.165, 1.54) is 45.1 Å². The van der Waals surface area contributed by atoms with E-state index in [1.807, 2.05) is 0 Å². The SMILES string of the molecule is CC(C)C1CCCCC1NCC1(C(C)C)CC1. The Morgan fingerprint density at radius 1 is 1.06 bits per heavy atom. The van der Waals surface area contributed by atoms with E-state index in [2.05, 4.69) is 33.0 Å². The van der Waals surface area contributed by atoms with Crippen molar-refractivity contribution < 1.29 is 0 Å². The summed E-state index contributed by atoms with van der Waals surface area (Å²) in [6.07, 6.45) is 8.67. The van der Waals surface area contributed by atoms with Gasteiger partial charge in [0.25, 0.3) is 0 Å². The first-order chi connectivity index (χ1) is 8.05. The average molecular weight is 237 g/mol. The van der Waals surface area contributed by atoms with E-state index in [-0.39, 0.29) is 0 Å².